The number of fused-ring (bicyclic) bond motifs is 1. The number of nitrogens with zero attached hydrogens (tertiary/aromatic N) is 1. The fourth-order valence-corrected chi connectivity index (χ4v) is 10.7. The number of cyclic esters (lactones) is 1. The molecule has 3 N–H and O–H groups in total. The van der Waals surface area contributed by atoms with Crippen LogP contribution < -0.4 is 5.32 Å². The largest absolute Gasteiger partial charge is 0.458 e. The molecule has 16 heteroatoms. The number of ether oxygens (including phenoxy) is 8. The topological polar surface area (TPSA) is 181 Å². The van der Waals surface area contributed by atoms with Gasteiger partial charge in [0, 0.05) is 56.0 Å². The van der Waals surface area contributed by atoms with E-state index in [9.17, 15) is 24.6 Å². The Morgan fingerprint density at radius 1 is 0.903 bits per heavy atom. The Morgan fingerprint density at radius 2 is 1.55 bits per heavy atom. The minimum atomic E-state index is -1.42. The summed E-state index contributed by atoms with van der Waals surface area (Å²) in [4.78, 5) is 45.4. The van der Waals surface area contributed by atoms with Crippen LogP contribution in [0.4, 0.5) is 4.79 Å². The molecule has 0 aromatic heterocycles. The summed E-state index contributed by atoms with van der Waals surface area (Å²) in [7, 11) is 4.83. The highest BCUT2D eigenvalue weighted by molar-refractivity contribution is 6.30. The van der Waals surface area contributed by atoms with E-state index in [-0.39, 0.29) is 43.7 Å². The van der Waals surface area contributed by atoms with Crippen LogP contribution in [0.3, 0.4) is 0 Å². The number of rotatable bonds is 11. The lowest BCUT2D eigenvalue weighted by molar-refractivity contribution is -0.317. The molecule has 2 unspecified atom stereocenters. The van der Waals surface area contributed by atoms with Crippen molar-refractivity contribution >= 4 is 29.4 Å². The highest BCUT2D eigenvalue weighted by atomic mass is 35.5. The third-order valence-corrected chi connectivity index (χ3v) is 14.7. The predicted molar refractivity (Wildman–Crippen MR) is 230 cm³/mol. The zero-order chi connectivity index (χ0) is 46.1. The quantitative estimate of drug-likeness (QED) is 0.238. The van der Waals surface area contributed by atoms with Crippen molar-refractivity contribution in [2.45, 2.75) is 186 Å². The molecule has 4 aliphatic heterocycles. The van der Waals surface area contributed by atoms with Crippen molar-refractivity contribution in [3.63, 3.8) is 0 Å². The Kier molecular flexibility index (Phi) is 16.6. The van der Waals surface area contributed by atoms with Gasteiger partial charge in [0.15, 0.2) is 18.2 Å². The molecule has 0 radical (unpaired) electrons. The van der Waals surface area contributed by atoms with Gasteiger partial charge in [-0.1, -0.05) is 51.4 Å². The Bertz CT molecular complexity index is 1690. The van der Waals surface area contributed by atoms with E-state index in [0.717, 1.165) is 5.56 Å². The van der Waals surface area contributed by atoms with Crippen LogP contribution >= 0.6 is 11.6 Å². The van der Waals surface area contributed by atoms with Crippen molar-refractivity contribution in [3.05, 3.63) is 34.9 Å². The van der Waals surface area contributed by atoms with E-state index in [1.54, 1.807) is 65.8 Å². The SMILES string of the molecule is CC[C@H]1OC(=O)[C@H](C)[C@@H](OC2C[C@@](C)(OC)[C@@H](O)[C@H](C)O2)[C@H](C)[C@@H](OC2O[C@H](C)C[C@H](NC)[C@H]2O)[C@@](C)(OC)C[C@@H](C)C(=O)[C@H](C)[C@H]2N(CCc3ccc(Cl)cc3)C(=O)O[C@]12C. The van der Waals surface area contributed by atoms with Gasteiger partial charge in [0.1, 0.15) is 24.1 Å². The van der Waals surface area contributed by atoms with Crippen LogP contribution in [-0.2, 0) is 53.9 Å². The van der Waals surface area contributed by atoms with Crippen LogP contribution in [0.1, 0.15) is 100 Å². The van der Waals surface area contributed by atoms with E-state index in [1.807, 2.05) is 46.8 Å². The number of carbonyl (C=O) groups is 3. The number of aliphatic hydroxyl groups is 2. The Labute approximate surface area is 373 Å². The molecule has 5 rings (SSSR count). The maximum absolute atomic E-state index is 14.9. The molecule has 352 valence electrons. The molecule has 1 aromatic rings. The molecule has 15 nitrogen and oxygen atoms in total. The van der Waals surface area contributed by atoms with Gasteiger partial charge in [-0.05, 0) is 92.0 Å². The minimum Gasteiger partial charge on any atom is -0.458 e. The summed E-state index contributed by atoms with van der Waals surface area (Å²) in [6.07, 6.45) is -7.08. The Balaban J connectivity index is 1.62. The molecule has 0 spiro atoms. The molecular formula is C46H73ClN2O13. The van der Waals surface area contributed by atoms with Crippen molar-refractivity contribution in [2.75, 3.05) is 27.8 Å². The number of esters is 1. The van der Waals surface area contributed by atoms with Gasteiger partial charge < -0.3 is 53.4 Å². The molecular weight excluding hydrogens is 824 g/mol. The van der Waals surface area contributed by atoms with Gasteiger partial charge in [0.05, 0.1) is 47.6 Å². The second kappa shape index (κ2) is 20.4. The van der Waals surface area contributed by atoms with E-state index in [4.69, 9.17) is 49.5 Å². The van der Waals surface area contributed by atoms with Crippen molar-refractivity contribution in [3.8, 4) is 0 Å². The van der Waals surface area contributed by atoms with E-state index < -0.39 is 108 Å². The van der Waals surface area contributed by atoms with Gasteiger partial charge >= 0.3 is 12.1 Å². The molecule has 62 heavy (non-hydrogen) atoms. The zero-order valence-electron chi connectivity index (χ0n) is 38.9. The lowest BCUT2D eigenvalue weighted by atomic mass is 9.73. The van der Waals surface area contributed by atoms with Gasteiger partial charge in [-0.3, -0.25) is 14.5 Å². The molecule has 1 amide bonds. The molecule has 4 fully saturated rings. The predicted octanol–water partition coefficient (Wildman–Crippen LogP) is 5.46. The maximum atomic E-state index is 14.9. The van der Waals surface area contributed by atoms with Crippen LogP contribution in [0.15, 0.2) is 24.3 Å². The second-order valence-corrected chi connectivity index (χ2v) is 19.3. The molecule has 4 aliphatic rings. The first kappa shape index (κ1) is 50.6. The standard InChI is InChI=1S/C46H73ClN2O13/c1-14-33-46(10)38(49(43(54)62-46)20-19-30-15-17-31(47)18-16-30)26(4)35(50)24(2)22-45(9,56-13)40(61-42-36(51)32(48-11)21-25(3)57-42)27(5)37(28(6)41(53)59-33)60-34-23-44(8,55-12)39(52)29(7)58-34/h15-18,24-29,32-34,36-40,42,48,51-52H,14,19-23H2,1-13H3/t24-,25-,26+,27+,28-,29+,32+,33-,34?,36-,37+,38-,39+,40-,42?,44-,45+,46-/m1/s1. The van der Waals surface area contributed by atoms with Crippen LogP contribution in [0.5, 0.6) is 0 Å². The van der Waals surface area contributed by atoms with Crippen molar-refractivity contribution in [2.24, 2.45) is 23.7 Å². The number of hydrogen-bond donors (Lipinski definition) is 3. The van der Waals surface area contributed by atoms with Crippen molar-refractivity contribution < 1.29 is 62.5 Å². The summed E-state index contributed by atoms with van der Waals surface area (Å²) in [5, 5.41) is 26.4. The Morgan fingerprint density at radius 3 is 2.15 bits per heavy atom. The van der Waals surface area contributed by atoms with E-state index in [1.165, 1.54) is 7.11 Å². The third-order valence-electron chi connectivity index (χ3n) is 14.4. The van der Waals surface area contributed by atoms with Crippen LogP contribution in [0.25, 0.3) is 0 Å². The number of methoxy groups -OCH3 is 2. The fourth-order valence-electron chi connectivity index (χ4n) is 10.6. The first-order valence-electron chi connectivity index (χ1n) is 22.3. The van der Waals surface area contributed by atoms with E-state index >= 15 is 0 Å². The van der Waals surface area contributed by atoms with Crippen molar-refractivity contribution in [1.82, 2.24) is 10.2 Å². The lowest BCUT2D eigenvalue weighted by Gasteiger charge is -2.49. The number of amides is 1. The summed E-state index contributed by atoms with van der Waals surface area (Å²) < 4.78 is 51.2. The first-order valence-corrected chi connectivity index (χ1v) is 22.7. The minimum absolute atomic E-state index is 0.126. The van der Waals surface area contributed by atoms with Gasteiger partial charge in [-0.15, -0.1) is 0 Å². The molecule has 4 heterocycles. The first-order chi connectivity index (χ1) is 29.1. The van der Waals surface area contributed by atoms with Gasteiger partial charge in [0.25, 0.3) is 0 Å². The van der Waals surface area contributed by atoms with Gasteiger partial charge in [0.2, 0.25) is 0 Å². The summed E-state index contributed by atoms with van der Waals surface area (Å²) in [6.45, 7) is 18.3. The Hall–Kier alpha value is -2.44. The van der Waals surface area contributed by atoms with Crippen LogP contribution in [-0.4, -0.2) is 145 Å². The number of ketones is 1. The van der Waals surface area contributed by atoms with Crippen LogP contribution in [0.2, 0.25) is 5.02 Å². The molecule has 4 saturated heterocycles. The molecule has 0 aliphatic carbocycles. The summed E-state index contributed by atoms with van der Waals surface area (Å²) in [6, 6.07) is 6.19. The number of Topliss-reactive ketones (excluding diaryl/α,β-unsaturated/α-hetero) is 1. The smallest absolute Gasteiger partial charge is 0.410 e. The number of benzene rings is 1. The zero-order valence-corrected chi connectivity index (χ0v) is 39.7. The summed E-state index contributed by atoms with van der Waals surface area (Å²) >= 11 is 6.16. The van der Waals surface area contributed by atoms with E-state index in [2.05, 4.69) is 5.32 Å². The number of aliphatic hydroxyl groups excluding tert-OH is 2. The second-order valence-electron chi connectivity index (χ2n) is 18.9. The molecule has 1 aromatic carbocycles. The third kappa shape index (κ3) is 10.3. The number of halogens is 1. The fraction of sp³-hybridized carbons (Fsp3) is 0.804. The van der Waals surface area contributed by atoms with E-state index in [0.29, 0.717) is 17.9 Å². The average Bonchev–Trinajstić information content (AvgIpc) is 3.50. The highest BCUT2D eigenvalue weighted by Gasteiger charge is 2.61. The number of nitrogens with one attached hydrogen (secondary N) is 1. The number of hydrogen-bond acceptors (Lipinski definition) is 14. The van der Waals surface area contributed by atoms with Gasteiger partial charge in [-0.25, -0.2) is 4.79 Å². The van der Waals surface area contributed by atoms with Crippen LogP contribution in [0, 0.1) is 23.7 Å². The highest BCUT2D eigenvalue weighted by Crippen LogP contribution is 2.44. The average molecular weight is 898 g/mol. The summed E-state index contributed by atoms with van der Waals surface area (Å²) in [5.41, 5.74) is -2.78. The normalized spacial score (nSPS) is 43.7. The van der Waals surface area contributed by atoms with Gasteiger partial charge in [-0.2, -0.15) is 0 Å². The monoisotopic (exact) mass is 896 g/mol. The summed E-state index contributed by atoms with van der Waals surface area (Å²) in [5.74, 6) is -3.92. The maximum Gasteiger partial charge on any atom is 0.410 e. The molecule has 0 saturated carbocycles. The number of likely N-dealkylation sites (N-methyl/N-ethyl adjacent to an activating group) is 1. The molecule has 18 atom stereocenters. The lowest BCUT2D eigenvalue weighted by Crippen LogP contribution is -2.61. The molecule has 0 bridgehead atoms. The number of carbonyl (C=O) groups excluding carboxylic acids is 3. The van der Waals surface area contributed by atoms with Crippen molar-refractivity contribution in [1.29, 1.82) is 0 Å².